The second-order valence-corrected chi connectivity index (χ2v) is 10.3. The molecule has 0 saturated heterocycles. The molecule has 0 spiro atoms. The molecule has 2 aromatic rings. The van der Waals surface area contributed by atoms with E-state index in [1.54, 1.807) is 12.1 Å². The van der Waals surface area contributed by atoms with Crippen LogP contribution in [0.15, 0.2) is 63.3 Å². The van der Waals surface area contributed by atoms with Gasteiger partial charge in [0.25, 0.3) is 5.91 Å². The zero-order chi connectivity index (χ0) is 24.8. The van der Waals surface area contributed by atoms with Gasteiger partial charge in [0.05, 0.1) is 16.9 Å². The number of para-hydroxylation sites is 1. The van der Waals surface area contributed by atoms with Gasteiger partial charge in [-0.05, 0) is 84.8 Å². The maximum absolute atomic E-state index is 13.4. The number of allylic oxidation sites excluding steroid dienone is 5. The van der Waals surface area contributed by atoms with E-state index in [1.807, 2.05) is 13.0 Å². The van der Waals surface area contributed by atoms with Crippen molar-refractivity contribution in [3.63, 3.8) is 0 Å². The fourth-order valence-electron chi connectivity index (χ4n) is 3.85. The monoisotopic (exact) mass is 574 g/mol. The first-order chi connectivity index (χ1) is 16.2. The second kappa shape index (κ2) is 11.5. The predicted molar refractivity (Wildman–Crippen MR) is 147 cm³/mol. The number of nitrogens with one attached hydrogen (secondary N) is 1. The van der Waals surface area contributed by atoms with Crippen LogP contribution in [0.25, 0.3) is 0 Å². The molecule has 1 aliphatic heterocycles. The van der Waals surface area contributed by atoms with Gasteiger partial charge in [0.2, 0.25) is 0 Å². The molecule has 1 amide bonds. The molecule has 0 unspecified atom stereocenters. The lowest BCUT2D eigenvalue weighted by Crippen LogP contribution is -2.30. The molecule has 0 atom stereocenters. The van der Waals surface area contributed by atoms with Gasteiger partial charge >= 0.3 is 0 Å². The van der Waals surface area contributed by atoms with Crippen LogP contribution in [0.1, 0.15) is 56.8 Å². The standard InChI is InChI=1S/C27H31IN2O4/c1-17(9-5-10-19(3)28)7-4-8-18(2)13-14-30-22-15-20(31)16-24(33)26(22)29-25-21(27(30)34)11-6-12-23(25)32/h6-7,10-13,15-16,29,31-33H,4-5,8-9,14H2,1-3H3/b17-7+,18-13+,19-10+. The number of rotatable bonds is 8. The van der Waals surface area contributed by atoms with Gasteiger partial charge < -0.3 is 25.5 Å². The highest BCUT2D eigenvalue weighted by Gasteiger charge is 2.29. The fourth-order valence-corrected chi connectivity index (χ4v) is 4.16. The molecule has 180 valence electrons. The third-order valence-corrected chi connectivity index (χ3v) is 6.20. The molecule has 0 fully saturated rings. The maximum Gasteiger partial charge on any atom is 0.260 e. The average molecular weight is 574 g/mol. The van der Waals surface area contributed by atoms with Crippen LogP contribution in [0.3, 0.4) is 0 Å². The quantitative estimate of drug-likeness (QED) is 0.115. The minimum absolute atomic E-state index is 0.0934. The van der Waals surface area contributed by atoms with Crippen molar-refractivity contribution < 1.29 is 20.1 Å². The summed E-state index contributed by atoms with van der Waals surface area (Å²) in [7, 11) is 0. The van der Waals surface area contributed by atoms with Gasteiger partial charge in [-0.15, -0.1) is 0 Å². The first kappa shape index (κ1) is 25.7. The summed E-state index contributed by atoms with van der Waals surface area (Å²) in [5.74, 6) is -0.789. The van der Waals surface area contributed by atoms with Crippen LogP contribution in [-0.2, 0) is 0 Å². The highest BCUT2D eigenvalue weighted by Crippen LogP contribution is 2.45. The third kappa shape index (κ3) is 6.34. The lowest BCUT2D eigenvalue weighted by molar-refractivity contribution is 0.0991. The number of phenolic OH excluding ortho intramolecular Hbond substituents is 3. The van der Waals surface area contributed by atoms with Crippen LogP contribution >= 0.6 is 22.6 Å². The van der Waals surface area contributed by atoms with Crippen molar-refractivity contribution in [1.82, 2.24) is 0 Å². The number of anilines is 3. The Bertz CT molecular complexity index is 1160. The molecule has 1 heterocycles. The number of phenols is 3. The molecule has 0 bridgehead atoms. The smallest absolute Gasteiger partial charge is 0.260 e. The zero-order valence-corrected chi connectivity index (χ0v) is 21.9. The van der Waals surface area contributed by atoms with E-state index < -0.39 is 0 Å². The van der Waals surface area contributed by atoms with E-state index in [4.69, 9.17) is 0 Å². The third-order valence-electron chi connectivity index (χ3n) is 5.76. The van der Waals surface area contributed by atoms with E-state index in [9.17, 15) is 20.1 Å². The topological polar surface area (TPSA) is 93.0 Å². The number of benzene rings is 2. The van der Waals surface area contributed by atoms with E-state index in [2.05, 4.69) is 53.9 Å². The first-order valence-electron chi connectivity index (χ1n) is 11.3. The summed E-state index contributed by atoms with van der Waals surface area (Å²) in [4.78, 5) is 14.9. The minimum atomic E-state index is -0.333. The van der Waals surface area contributed by atoms with Gasteiger partial charge in [-0.25, -0.2) is 0 Å². The Hall–Kier alpha value is -2.94. The number of fused-ring (bicyclic) bond motifs is 2. The van der Waals surface area contributed by atoms with Crippen LogP contribution in [0.5, 0.6) is 17.2 Å². The summed E-state index contributed by atoms with van der Waals surface area (Å²) in [6, 6.07) is 7.34. The largest absolute Gasteiger partial charge is 0.508 e. The number of amides is 1. The normalized spacial score (nSPS) is 14.4. The van der Waals surface area contributed by atoms with Crippen molar-refractivity contribution >= 4 is 45.6 Å². The van der Waals surface area contributed by atoms with Gasteiger partial charge in [0, 0.05) is 18.7 Å². The van der Waals surface area contributed by atoms with Crippen LogP contribution in [0, 0.1) is 0 Å². The second-order valence-electron chi connectivity index (χ2n) is 8.57. The van der Waals surface area contributed by atoms with Crippen LogP contribution in [0.2, 0.25) is 0 Å². The Morgan fingerprint density at radius 3 is 2.32 bits per heavy atom. The Morgan fingerprint density at radius 1 is 0.941 bits per heavy atom. The Balaban J connectivity index is 1.80. The molecule has 0 aromatic heterocycles. The Morgan fingerprint density at radius 2 is 1.62 bits per heavy atom. The van der Waals surface area contributed by atoms with Crippen molar-refractivity contribution in [3.05, 3.63) is 68.8 Å². The van der Waals surface area contributed by atoms with Gasteiger partial charge in [-0.1, -0.05) is 35.4 Å². The SMILES string of the molecule is C/C(I)=C\CC/C(C)=C/CC/C(C)=C/CN1C(=O)c2cccc(O)c2Nc2c(O)cc(O)cc21. The van der Waals surface area contributed by atoms with Crippen LogP contribution in [-0.4, -0.2) is 27.8 Å². The lowest BCUT2D eigenvalue weighted by atomic mass is 10.1. The Labute approximate surface area is 214 Å². The molecule has 3 rings (SSSR count). The van der Waals surface area contributed by atoms with Crippen LogP contribution in [0.4, 0.5) is 17.1 Å². The Kier molecular flexibility index (Phi) is 8.66. The minimum Gasteiger partial charge on any atom is -0.508 e. The molecular weight excluding hydrogens is 543 g/mol. The number of aromatic hydroxyl groups is 3. The van der Waals surface area contributed by atoms with Gasteiger partial charge in [0.15, 0.2) is 0 Å². The molecule has 7 heteroatoms. The fraction of sp³-hybridized carbons (Fsp3) is 0.296. The van der Waals surface area contributed by atoms with E-state index in [0.717, 1.165) is 31.3 Å². The van der Waals surface area contributed by atoms with Crippen molar-refractivity contribution in [2.75, 3.05) is 16.8 Å². The number of carbonyl (C=O) groups is 1. The van der Waals surface area contributed by atoms with Crippen LogP contribution < -0.4 is 10.2 Å². The number of carbonyl (C=O) groups excluding carboxylic acids is 1. The summed E-state index contributed by atoms with van der Waals surface area (Å²) in [5, 5.41) is 33.8. The maximum atomic E-state index is 13.4. The van der Waals surface area contributed by atoms with Gasteiger partial charge in [0.1, 0.15) is 22.9 Å². The van der Waals surface area contributed by atoms with E-state index in [-0.39, 0.29) is 46.6 Å². The summed E-state index contributed by atoms with van der Waals surface area (Å²) in [5.41, 5.74) is 3.62. The molecule has 0 radical (unpaired) electrons. The number of halogens is 1. The lowest BCUT2D eigenvalue weighted by Gasteiger charge is -2.22. The highest BCUT2D eigenvalue weighted by molar-refractivity contribution is 14.1. The molecule has 1 aliphatic rings. The number of nitrogens with zero attached hydrogens (tertiary/aromatic N) is 1. The zero-order valence-electron chi connectivity index (χ0n) is 19.7. The number of hydrogen-bond donors (Lipinski definition) is 4. The van der Waals surface area contributed by atoms with Crippen molar-refractivity contribution in [2.24, 2.45) is 0 Å². The summed E-state index contributed by atoms with van der Waals surface area (Å²) < 4.78 is 1.31. The van der Waals surface area contributed by atoms with Crippen molar-refractivity contribution in [1.29, 1.82) is 0 Å². The predicted octanol–water partition coefficient (Wildman–Crippen LogP) is 7.30. The van der Waals surface area contributed by atoms with Crippen molar-refractivity contribution in [3.8, 4) is 17.2 Å². The molecule has 0 saturated carbocycles. The van der Waals surface area contributed by atoms with E-state index >= 15 is 0 Å². The van der Waals surface area contributed by atoms with Gasteiger partial charge in [-0.2, -0.15) is 0 Å². The first-order valence-corrected chi connectivity index (χ1v) is 12.4. The van der Waals surface area contributed by atoms with E-state index in [0.29, 0.717) is 5.69 Å². The molecule has 4 N–H and O–H groups in total. The molecule has 6 nitrogen and oxygen atoms in total. The molecule has 2 aromatic carbocycles. The van der Waals surface area contributed by atoms with E-state index in [1.165, 1.54) is 32.3 Å². The number of hydrogen-bond acceptors (Lipinski definition) is 5. The summed E-state index contributed by atoms with van der Waals surface area (Å²) in [6.07, 6.45) is 10.4. The summed E-state index contributed by atoms with van der Waals surface area (Å²) >= 11 is 2.33. The van der Waals surface area contributed by atoms with Gasteiger partial charge in [-0.3, -0.25) is 4.79 Å². The molecular formula is C27H31IN2O4. The average Bonchev–Trinajstić information content (AvgIpc) is 2.87. The summed E-state index contributed by atoms with van der Waals surface area (Å²) in [6.45, 7) is 6.55. The van der Waals surface area contributed by atoms with Crippen molar-refractivity contribution in [2.45, 2.75) is 46.5 Å². The molecule has 34 heavy (non-hydrogen) atoms. The molecule has 0 aliphatic carbocycles. The highest BCUT2D eigenvalue weighted by atomic mass is 127.